The second-order valence-electron chi connectivity index (χ2n) is 4.47. The number of hydrogen-bond donors (Lipinski definition) is 1. The molecule has 1 fully saturated rings. The van der Waals surface area contributed by atoms with Gasteiger partial charge in [-0.1, -0.05) is 6.08 Å². The Hall–Kier alpha value is -1.44. The average molecular weight is 288 g/mol. The number of carbonyl (C=O) groups excluding carboxylic acids is 2. The minimum absolute atomic E-state index is 0.152. The van der Waals surface area contributed by atoms with E-state index in [4.69, 9.17) is 18.9 Å². The zero-order valence-corrected chi connectivity index (χ0v) is 11.8. The van der Waals surface area contributed by atoms with Gasteiger partial charge in [-0.3, -0.25) is 9.59 Å². The van der Waals surface area contributed by atoms with Gasteiger partial charge in [0.05, 0.1) is 12.7 Å². The van der Waals surface area contributed by atoms with Crippen LogP contribution in [0.3, 0.4) is 0 Å². The van der Waals surface area contributed by atoms with Gasteiger partial charge in [-0.05, 0) is 6.92 Å². The van der Waals surface area contributed by atoms with Crippen LogP contribution in [0.1, 0.15) is 20.8 Å². The van der Waals surface area contributed by atoms with Crippen molar-refractivity contribution in [1.82, 2.24) is 0 Å². The van der Waals surface area contributed by atoms with E-state index in [0.717, 1.165) is 0 Å². The van der Waals surface area contributed by atoms with Gasteiger partial charge in [0, 0.05) is 13.8 Å². The molecule has 0 amide bonds. The van der Waals surface area contributed by atoms with Crippen LogP contribution in [0, 0.1) is 0 Å². The van der Waals surface area contributed by atoms with E-state index in [1.54, 1.807) is 6.92 Å². The average Bonchev–Trinajstić information content (AvgIpc) is 2.33. The van der Waals surface area contributed by atoms with Crippen LogP contribution in [-0.2, 0) is 28.5 Å². The van der Waals surface area contributed by atoms with Gasteiger partial charge in [0.15, 0.2) is 18.5 Å². The highest BCUT2D eigenvalue weighted by Crippen LogP contribution is 2.27. The molecule has 5 atom stereocenters. The molecule has 1 unspecified atom stereocenters. The maximum absolute atomic E-state index is 11.2. The second-order valence-corrected chi connectivity index (χ2v) is 4.47. The SMILES string of the molecule is C=CCO[C@H]1[C@H](OC(C)=O)[C@@H](C)OC(O)[C@H]1OC(C)=O. The fourth-order valence-corrected chi connectivity index (χ4v) is 2.03. The predicted molar refractivity (Wildman–Crippen MR) is 67.6 cm³/mol. The molecular weight excluding hydrogens is 268 g/mol. The van der Waals surface area contributed by atoms with E-state index in [1.165, 1.54) is 19.9 Å². The molecule has 0 bridgehead atoms. The van der Waals surface area contributed by atoms with Crippen molar-refractivity contribution in [2.24, 2.45) is 0 Å². The molecule has 0 saturated carbocycles. The molecule has 7 nitrogen and oxygen atoms in total. The number of hydrogen-bond acceptors (Lipinski definition) is 7. The van der Waals surface area contributed by atoms with Crippen molar-refractivity contribution in [3.05, 3.63) is 12.7 Å². The van der Waals surface area contributed by atoms with Crippen molar-refractivity contribution >= 4 is 11.9 Å². The third-order valence-electron chi connectivity index (χ3n) is 2.76. The highest BCUT2D eigenvalue weighted by molar-refractivity contribution is 5.67. The predicted octanol–water partition coefficient (Wildman–Crippen LogP) is 0.158. The smallest absolute Gasteiger partial charge is 0.303 e. The summed E-state index contributed by atoms with van der Waals surface area (Å²) in [6.45, 7) is 7.76. The Labute approximate surface area is 117 Å². The summed E-state index contributed by atoms with van der Waals surface area (Å²) in [5, 5.41) is 9.86. The number of esters is 2. The number of aliphatic hydroxyl groups is 1. The van der Waals surface area contributed by atoms with Crippen molar-refractivity contribution in [2.75, 3.05) is 6.61 Å². The van der Waals surface area contributed by atoms with Crippen molar-refractivity contribution in [2.45, 2.75) is 51.5 Å². The molecule has 114 valence electrons. The van der Waals surface area contributed by atoms with Crippen LogP contribution in [0.2, 0.25) is 0 Å². The summed E-state index contributed by atoms with van der Waals surface area (Å²) >= 11 is 0. The Morgan fingerprint density at radius 3 is 2.25 bits per heavy atom. The molecule has 1 N–H and O–H groups in total. The Balaban J connectivity index is 2.95. The van der Waals surface area contributed by atoms with E-state index in [0.29, 0.717) is 0 Å². The van der Waals surface area contributed by atoms with E-state index < -0.39 is 42.6 Å². The first-order valence-electron chi connectivity index (χ1n) is 6.27. The summed E-state index contributed by atoms with van der Waals surface area (Å²) in [5.41, 5.74) is 0. The molecule has 7 heteroatoms. The summed E-state index contributed by atoms with van der Waals surface area (Å²) in [6.07, 6.45) is -3.15. The minimum Gasteiger partial charge on any atom is -0.457 e. The topological polar surface area (TPSA) is 91.3 Å². The van der Waals surface area contributed by atoms with Crippen LogP contribution in [0.5, 0.6) is 0 Å². The van der Waals surface area contributed by atoms with E-state index >= 15 is 0 Å². The third-order valence-corrected chi connectivity index (χ3v) is 2.76. The first-order chi connectivity index (χ1) is 9.36. The van der Waals surface area contributed by atoms with Crippen LogP contribution in [-0.4, -0.2) is 54.4 Å². The minimum atomic E-state index is -1.35. The Morgan fingerprint density at radius 2 is 1.75 bits per heavy atom. The van der Waals surface area contributed by atoms with Crippen LogP contribution in [0.15, 0.2) is 12.7 Å². The highest BCUT2D eigenvalue weighted by atomic mass is 16.7. The van der Waals surface area contributed by atoms with Crippen molar-refractivity contribution < 1.29 is 33.6 Å². The Bertz CT molecular complexity index is 340. The monoisotopic (exact) mass is 288 g/mol. The lowest BCUT2D eigenvalue weighted by atomic mass is 9.99. The lowest BCUT2D eigenvalue weighted by Crippen LogP contribution is -2.60. The van der Waals surface area contributed by atoms with Gasteiger partial charge in [-0.25, -0.2) is 0 Å². The summed E-state index contributed by atoms with van der Waals surface area (Å²) in [6, 6.07) is 0. The Kier molecular flexibility index (Phi) is 6.12. The van der Waals surface area contributed by atoms with Gasteiger partial charge in [0.25, 0.3) is 0 Å². The van der Waals surface area contributed by atoms with Gasteiger partial charge in [0.1, 0.15) is 6.10 Å². The van der Waals surface area contributed by atoms with Crippen LogP contribution in [0.25, 0.3) is 0 Å². The van der Waals surface area contributed by atoms with Crippen molar-refractivity contribution in [3.8, 4) is 0 Å². The quantitative estimate of drug-likeness (QED) is 0.569. The molecule has 0 spiro atoms. The lowest BCUT2D eigenvalue weighted by Gasteiger charge is -2.42. The fraction of sp³-hybridized carbons (Fsp3) is 0.692. The first kappa shape index (κ1) is 16.6. The zero-order valence-electron chi connectivity index (χ0n) is 11.8. The zero-order chi connectivity index (χ0) is 15.3. The standard InChI is InChI=1S/C13H20O7/c1-5-6-17-11-10(19-8(3)14)7(2)18-13(16)12(11)20-9(4)15/h5,7,10-13,16H,1,6H2,2-4H3/t7-,10-,11+,12+,13?/m1/s1. The van der Waals surface area contributed by atoms with Crippen molar-refractivity contribution in [1.29, 1.82) is 0 Å². The maximum Gasteiger partial charge on any atom is 0.303 e. The van der Waals surface area contributed by atoms with Gasteiger partial charge in [-0.15, -0.1) is 6.58 Å². The molecule has 1 aliphatic rings. The van der Waals surface area contributed by atoms with Crippen molar-refractivity contribution in [3.63, 3.8) is 0 Å². The number of carbonyl (C=O) groups is 2. The molecule has 1 aliphatic heterocycles. The number of ether oxygens (including phenoxy) is 4. The molecule has 1 heterocycles. The summed E-state index contributed by atoms with van der Waals surface area (Å²) in [5.74, 6) is -1.11. The molecule has 0 aromatic rings. The second kappa shape index (κ2) is 7.37. The van der Waals surface area contributed by atoms with E-state index in [1.807, 2.05) is 0 Å². The maximum atomic E-state index is 11.2. The van der Waals surface area contributed by atoms with Gasteiger partial charge < -0.3 is 24.1 Å². The van der Waals surface area contributed by atoms with Gasteiger partial charge in [-0.2, -0.15) is 0 Å². The van der Waals surface area contributed by atoms with Gasteiger partial charge >= 0.3 is 11.9 Å². The number of aliphatic hydroxyl groups excluding tert-OH is 1. The fourth-order valence-electron chi connectivity index (χ4n) is 2.03. The van der Waals surface area contributed by atoms with Crippen LogP contribution >= 0.6 is 0 Å². The summed E-state index contributed by atoms with van der Waals surface area (Å²) in [7, 11) is 0. The molecule has 1 saturated heterocycles. The number of rotatable bonds is 5. The molecular formula is C13H20O7. The van der Waals surface area contributed by atoms with E-state index in [9.17, 15) is 14.7 Å². The van der Waals surface area contributed by atoms with E-state index in [2.05, 4.69) is 6.58 Å². The summed E-state index contributed by atoms with van der Waals surface area (Å²) in [4.78, 5) is 22.3. The van der Waals surface area contributed by atoms with Gasteiger partial charge in [0.2, 0.25) is 0 Å². The Morgan fingerprint density at radius 1 is 1.20 bits per heavy atom. The molecule has 0 aliphatic carbocycles. The molecule has 20 heavy (non-hydrogen) atoms. The summed E-state index contributed by atoms with van der Waals surface area (Å²) < 4.78 is 20.9. The third kappa shape index (κ3) is 4.29. The van der Waals surface area contributed by atoms with Crippen LogP contribution < -0.4 is 0 Å². The first-order valence-corrected chi connectivity index (χ1v) is 6.27. The molecule has 0 aromatic carbocycles. The molecule has 0 radical (unpaired) electrons. The van der Waals surface area contributed by atoms with E-state index in [-0.39, 0.29) is 6.61 Å². The highest BCUT2D eigenvalue weighted by Gasteiger charge is 2.48. The largest absolute Gasteiger partial charge is 0.457 e. The lowest BCUT2D eigenvalue weighted by molar-refractivity contribution is -0.291. The normalized spacial score (nSPS) is 33.3. The van der Waals surface area contributed by atoms with Crippen LogP contribution in [0.4, 0.5) is 0 Å². The molecule has 0 aromatic heterocycles. The molecule has 1 rings (SSSR count).